The van der Waals surface area contributed by atoms with Gasteiger partial charge in [-0.25, -0.2) is 0 Å². The van der Waals surface area contributed by atoms with Gasteiger partial charge in [0.15, 0.2) is 5.96 Å². The van der Waals surface area contributed by atoms with Crippen LogP contribution in [0.1, 0.15) is 25.8 Å². The Hall–Kier alpha value is -0.900. The highest BCUT2D eigenvalue weighted by Gasteiger charge is 2.29. The molecule has 0 aromatic heterocycles. The van der Waals surface area contributed by atoms with E-state index in [1.807, 2.05) is 0 Å². The van der Waals surface area contributed by atoms with Gasteiger partial charge in [-0.2, -0.15) is 0 Å². The number of hydrogen-bond acceptors (Lipinski definition) is 4. The number of rotatable bonds is 6. The van der Waals surface area contributed by atoms with Gasteiger partial charge in [-0.05, 0) is 32.9 Å². The fourth-order valence-electron chi connectivity index (χ4n) is 3.93. The molecule has 158 valence electrons. The van der Waals surface area contributed by atoms with Crippen molar-refractivity contribution in [3.05, 3.63) is 35.9 Å². The minimum absolute atomic E-state index is 0. The standard InChI is InChI=1S/C21H35N5O.HI/c1-4-22-21(23-13-20-16-25(3)10-11-27-20)24-19-12-17(2)26(15-19)14-18-8-6-5-7-9-18;/h5-9,17,19-20H,4,10-16H2,1-3H3,(H2,22,23,24);1H. The van der Waals surface area contributed by atoms with Crippen LogP contribution < -0.4 is 10.6 Å². The van der Waals surface area contributed by atoms with E-state index in [2.05, 4.69) is 71.7 Å². The molecule has 2 aliphatic rings. The highest BCUT2D eigenvalue weighted by molar-refractivity contribution is 14.0. The molecule has 3 rings (SSSR count). The van der Waals surface area contributed by atoms with Crippen molar-refractivity contribution in [3.63, 3.8) is 0 Å². The molecule has 28 heavy (non-hydrogen) atoms. The van der Waals surface area contributed by atoms with Gasteiger partial charge in [0, 0.05) is 44.8 Å². The zero-order chi connectivity index (χ0) is 19.1. The van der Waals surface area contributed by atoms with Crippen LogP contribution in [0.3, 0.4) is 0 Å². The maximum atomic E-state index is 5.83. The number of likely N-dealkylation sites (tertiary alicyclic amines) is 1. The molecule has 2 heterocycles. The Labute approximate surface area is 187 Å². The molecule has 1 aromatic carbocycles. The van der Waals surface area contributed by atoms with E-state index in [0.717, 1.165) is 51.7 Å². The second-order valence-electron chi connectivity index (χ2n) is 7.82. The average molecular weight is 501 g/mol. The van der Waals surface area contributed by atoms with E-state index in [4.69, 9.17) is 9.73 Å². The van der Waals surface area contributed by atoms with Crippen LogP contribution in [0.25, 0.3) is 0 Å². The Kier molecular flexibility index (Phi) is 9.98. The highest BCUT2D eigenvalue weighted by Crippen LogP contribution is 2.20. The zero-order valence-electron chi connectivity index (χ0n) is 17.4. The SMILES string of the molecule is CCNC(=NCC1CN(C)CCO1)NC1CC(C)N(Cc2ccccc2)C1.I. The maximum Gasteiger partial charge on any atom is 0.191 e. The summed E-state index contributed by atoms with van der Waals surface area (Å²) < 4.78 is 5.83. The summed E-state index contributed by atoms with van der Waals surface area (Å²) in [5, 5.41) is 7.03. The predicted molar refractivity (Wildman–Crippen MR) is 126 cm³/mol. The minimum Gasteiger partial charge on any atom is -0.374 e. The molecule has 3 atom stereocenters. The van der Waals surface area contributed by atoms with Crippen LogP contribution in [0.4, 0.5) is 0 Å². The number of nitrogens with one attached hydrogen (secondary N) is 2. The number of aliphatic imine (C=N–C) groups is 1. The van der Waals surface area contributed by atoms with E-state index < -0.39 is 0 Å². The van der Waals surface area contributed by atoms with Crippen LogP contribution in [0.2, 0.25) is 0 Å². The van der Waals surface area contributed by atoms with Crippen molar-refractivity contribution in [2.45, 2.75) is 45.0 Å². The molecule has 2 saturated heterocycles. The van der Waals surface area contributed by atoms with Crippen LogP contribution in [0.15, 0.2) is 35.3 Å². The highest BCUT2D eigenvalue weighted by atomic mass is 127. The summed E-state index contributed by atoms with van der Waals surface area (Å²) in [4.78, 5) is 9.65. The minimum atomic E-state index is 0. The number of likely N-dealkylation sites (N-methyl/N-ethyl adjacent to an activating group) is 1. The molecule has 6 nitrogen and oxygen atoms in total. The first kappa shape index (κ1) is 23.4. The quantitative estimate of drug-likeness (QED) is 0.356. The lowest BCUT2D eigenvalue weighted by molar-refractivity contribution is -0.0136. The van der Waals surface area contributed by atoms with Gasteiger partial charge in [-0.1, -0.05) is 30.3 Å². The Morgan fingerprint density at radius 3 is 2.75 bits per heavy atom. The summed E-state index contributed by atoms with van der Waals surface area (Å²) in [6, 6.07) is 11.7. The number of ether oxygens (including phenoxy) is 1. The summed E-state index contributed by atoms with van der Waals surface area (Å²) in [5.41, 5.74) is 1.38. The molecule has 2 N–H and O–H groups in total. The Morgan fingerprint density at radius 2 is 2.04 bits per heavy atom. The van der Waals surface area contributed by atoms with Gasteiger partial charge in [0.2, 0.25) is 0 Å². The van der Waals surface area contributed by atoms with Crippen molar-refractivity contribution in [2.75, 3.05) is 46.4 Å². The van der Waals surface area contributed by atoms with Gasteiger partial charge < -0.3 is 20.3 Å². The lowest BCUT2D eigenvalue weighted by Gasteiger charge is -2.29. The summed E-state index contributed by atoms with van der Waals surface area (Å²) in [5.74, 6) is 0.910. The van der Waals surface area contributed by atoms with E-state index in [0.29, 0.717) is 18.6 Å². The van der Waals surface area contributed by atoms with Crippen LogP contribution in [-0.4, -0.2) is 80.3 Å². The van der Waals surface area contributed by atoms with Crippen LogP contribution in [0, 0.1) is 0 Å². The van der Waals surface area contributed by atoms with Crippen LogP contribution in [-0.2, 0) is 11.3 Å². The van der Waals surface area contributed by atoms with E-state index in [-0.39, 0.29) is 30.1 Å². The molecule has 0 bridgehead atoms. The van der Waals surface area contributed by atoms with E-state index in [1.54, 1.807) is 0 Å². The van der Waals surface area contributed by atoms with Crippen molar-refractivity contribution in [2.24, 2.45) is 4.99 Å². The smallest absolute Gasteiger partial charge is 0.191 e. The molecule has 0 amide bonds. The van der Waals surface area contributed by atoms with Gasteiger partial charge >= 0.3 is 0 Å². The topological polar surface area (TPSA) is 52.1 Å². The molecule has 0 radical (unpaired) electrons. The van der Waals surface area contributed by atoms with E-state index in [9.17, 15) is 0 Å². The lowest BCUT2D eigenvalue weighted by atomic mass is 10.2. The molecule has 2 fully saturated rings. The summed E-state index contributed by atoms with van der Waals surface area (Å²) in [7, 11) is 2.14. The molecule has 0 aliphatic carbocycles. The molecular formula is C21H36IN5O. The molecule has 7 heteroatoms. The van der Waals surface area contributed by atoms with Gasteiger partial charge in [-0.15, -0.1) is 24.0 Å². The molecule has 0 spiro atoms. The van der Waals surface area contributed by atoms with Gasteiger partial charge in [0.05, 0.1) is 19.3 Å². The number of hydrogen-bond donors (Lipinski definition) is 2. The third-order valence-corrected chi connectivity index (χ3v) is 5.41. The normalized spacial score (nSPS) is 26.7. The van der Waals surface area contributed by atoms with E-state index in [1.165, 1.54) is 5.56 Å². The van der Waals surface area contributed by atoms with Crippen LogP contribution >= 0.6 is 24.0 Å². The largest absolute Gasteiger partial charge is 0.374 e. The first-order chi connectivity index (χ1) is 13.1. The Bertz CT molecular complexity index is 600. The second kappa shape index (κ2) is 11.9. The third kappa shape index (κ3) is 7.17. The second-order valence-corrected chi connectivity index (χ2v) is 7.82. The molecule has 3 unspecified atom stereocenters. The number of morpholine rings is 1. The number of nitrogens with zero attached hydrogens (tertiary/aromatic N) is 3. The molecule has 2 aliphatic heterocycles. The third-order valence-electron chi connectivity index (χ3n) is 5.41. The number of halogens is 1. The summed E-state index contributed by atoms with van der Waals surface area (Å²) >= 11 is 0. The number of benzene rings is 1. The molecular weight excluding hydrogens is 465 g/mol. The first-order valence-corrected chi connectivity index (χ1v) is 10.3. The van der Waals surface area contributed by atoms with Crippen molar-refractivity contribution in [1.82, 2.24) is 20.4 Å². The summed E-state index contributed by atoms with van der Waals surface area (Å²) in [6.45, 7) is 10.8. The molecule has 0 saturated carbocycles. The van der Waals surface area contributed by atoms with Crippen molar-refractivity contribution in [3.8, 4) is 0 Å². The van der Waals surface area contributed by atoms with Gasteiger partial charge in [0.25, 0.3) is 0 Å². The van der Waals surface area contributed by atoms with Gasteiger partial charge in [0.1, 0.15) is 0 Å². The van der Waals surface area contributed by atoms with E-state index >= 15 is 0 Å². The molecule has 1 aromatic rings. The predicted octanol–water partition coefficient (Wildman–Crippen LogP) is 2.15. The first-order valence-electron chi connectivity index (χ1n) is 10.3. The Morgan fingerprint density at radius 1 is 1.25 bits per heavy atom. The number of guanidine groups is 1. The lowest BCUT2D eigenvalue weighted by Crippen LogP contribution is -2.46. The zero-order valence-corrected chi connectivity index (χ0v) is 19.8. The maximum absolute atomic E-state index is 5.83. The van der Waals surface area contributed by atoms with Gasteiger partial charge in [-0.3, -0.25) is 9.89 Å². The van der Waals surface area contributed by atoms with Crippen molar-refractivity contribution < 1.29 is 4.74 Å². The monoisotopic (exact) mass is 501 g/mol. The van der Waals surface area contributed by atoms with Crippen molar-refractivity contribution >= 4 is 29.9 Å². The van der Waals surface area contributed by atoms with Crippen LogP contribution in [0.5, 0.6) is 0 Å². The average Bonchev–Trinajstić information content (AvgIpc) is 3.00. The Balaban J connectivity index is 0.00000280. The fourth-order valence-corrected chi connectivity index (χ4v) is 3.93. The summed E-state index contributed by atoms with van der Waals surface area (Å²) in [6.07, 6.45) is 1.33. The van der Waals surface area contributed by atoms with Crippen molar-refractivity contribution in [1.29, 1.82) is 0 Å². The fraction of sp³-hybridized carbons (Fsp3) is 0.667.